The van der Waals surface area contributed by atoms with Crippen LogP contribution in [0.1, 0.15) is 52.4 Å². The molecule has 0 aliphatic carbocycles. The Hall–Kier alpha value is -0.860. The van der Waals surface area contributed by atoms with Crippen molar-refractivity contribution in [2.24, 2.45) is 4.99 Å². The molecule has 1 amide bonds. The van der Waals surface area contributed by atoms with Crippen LogP contribution in [0.2, 0.25) is 0 Å². The van der Waals surface area contributed by atoms with E-state index in [9.17, 15) is 4.79 Å². The van der Waals surface area contributed by atoms with Gasteiger partial charge in [-0.3, -0.25) is 4.79 Å². The Morgan fingerprint density at radius 3 is 2.67 bits per heavy atom. The van der Waals surface area contributed by atoms with Crippen LogP contribution in [0.3, 0.4) is 0 Å². The quantitative estimate of drug-likeness (QED) is 0.605. The molecule has 86 valence electrons. The van der Waals surface area contributed by atoms with Crippen molar-refractivity contribution >= 4 is 11.7 Å². The molecule has 0 aromatic rings. The highest BCUT2D eigenvalue weighted by atomic mass is 16.2. The second kappa shape index (κ2) is 6.59. The topological polar surface area (TPSA) is 32.7 Å². The summed E-state index contributed by atoms with van der Waals surface area (Å²) in [6, 6.07) is 0. The van der Waals surface area contributed by atoms with Gasteiger partial charge >= 0.3 is 0 Å². The molecule has 1 aliphatic rings. The van der Waals surface area contributed by atoms with Gasteiger partial charge < -0.3 is 4.90 Å². The lowest BCUT2D eigenvalue weighted by Crippen LogP contribution is -2.29. The summed E-state index contributed by atoms with van der Waals surface area (Å²) in [4.78, 5) is 17.4. The van der Waals surface area contributed by atoms with E-state index in [1.54, 1.807) is 0 Å². The molecule has 3 nitrogen and oxygen atoms in total. The first-order chi connectivity index (χ1) is 7.27. The third-order valence-corrected chi connectivity index (χ3v) is 2.70. The Bertz CT molecular complexity index is 236. The molecule has 0 N–H and O–H groups in total. The van der Waals surface area contributed by atoms with Gasteiger partial charge in [0.2, 0.25) is 0 Å². The molecule has 1 aliphatic heterocycles. The SMILES string of the molecule is CCCCCCN1CC(=O)N=C1CCC. The van der Waals surface area contributed by atoms with Crippen LogP contribution in [0.25, 0.3) is 0 Å². The monoisotopic (exact) mass is 210 g/mol. The molecule has 1 heterocycles. The number of carbonyl (C=O) groups is 1. The number of nitrogens with zero attached hydrogens (tertiary/aromatic N) is 2. The van der Waals surface area contributed by atoms with Gasteiger partial charge in [0, 0.05) is 13.0 Å². The van der Waals surface area contributed by atoms with Crippen LogP contribution in [-0.4, -0.2) is 29.7 Å². The van der Waals surface area contributed by atoms with Crippen molar-refractivity contribution < 1.29 is 4.79 Å². The maximum Gasteiger partial charge on any atom is 0.266 e. The van der Waals surface area contributed by atoms with Crippen LogP contribution in [-0.2, 0) is 4.79 Å². The lowest BCUT2D eigenvalue weighted by atomic mass is 10.2. The number of aliphatic imine (C=N–C) groups is 1. The summed E-state index contributed by atoms with van der Waals surface area (Å²) in [5.41, 5.74) is 0. The average Bonchev–Trinajstić information content (AvgIpc) is 2.55. The van der Waals surface area contributed by atoms with Crippen molar-refractivity contribution in [2.45, 2.75) is 52.4 Å². The summed E-state index contributed by atoms with van der Waals surface area (Å²) in [6.45, 7) is 5.86. The van der Waals surface area contributed by atoms with Crippen molar-refractivity contribution in [3.63, 3.8) is 0 Å². The number of unbranched alkanes of at least 4 members (excludes halogenated alkanes) is 3. The van der Waals surface area contributed by atoms with Gasteiger partial charge in [0.15, 0.2) is 0 Å². The number of amidine groups is 1. The van der Waals surface area contributed by atoms with Gasteiger partial charge in [-0.2, -0.15) is 4.99 Å². The fourth-order valence-corrected chi connectivity index (χ4v) is 1.88. The van der Waals surface area contributed by atoms with Crippen molar-refractivity contribution in [3.8, 4) is 0 Å². The lowest BCUT2D eigenvalue weighted by Gasteiger charge is -2.18. The van der Waals surface area contributed by atoms with Gasteiger partial charge in [-0.15, -0.1) is 0 Å². The van der Waals surface area contributed by atoms with Crippen LogP contribution >= 0.6 is 0 Å². The van der Waals surface area contributed by atoms with E-state index in [1.165, 1.54) is 25.7 Å². The van der Waals surface area contributed by atoms with E-state index in [-0.39, 0.29) is 5.91 Å². The minimum absolute atomic E-state index is 0.0361. The molecular weight excluding hydrogens is 188 g/mol. The van der Waals surface area contributed by atoms with E-state index in [0.29, 0.717) is 6.54 Å². The zero-order valence-corrected chi connectivity index (χ0v) is 9.96. The van der Waals surface area contributed by atoms with E-state index < -0.39 is 0 Å². The fraction of sp³-hybridized carbons (Fsp3) is 0.833. The summed E-state index contributed by atoms with van der Waals surface area (Å²) in [7, 11) is 0. The Balaban J connectivity index is 2.28. The van der Waals surface area contributed by atoms with Gasteiger partial charge in [-0.25, -0.2) is 0 Å². The number of carbonyl (C=O) groups excluding carboxylic acids is 1. The van der Waals surface area contributed by atoms with E-state index in [1.807, 2.05) is 0 Å². The molecule has 0 radical (unpaired) electrons. The van der Waals surface area contributed by atoms with Crippen molar-refractivity contribution in [1.29, 1.82) is 0 Å². The second-order valence-corrected chi connectivity index (χ2v) is 4.15. The smallest absolute Gasteiger partial charge is 0.266 e. The molecule has 15 heavy (non-hydrogen) atoms. The lowest BCUT2D eigenvalue weighted by molar-refractivity contribution is -0.117. The third kappa shape index (κ3) is 4.02. The third-order valence-electron chi connectivity index (χ3n) is 2.70. The minimum Gasteiger partial charge on any atom is -0.351 e. The molecule has 0 fully saturated rings. The zero-order valence-electron chi connectivity index (χ0n) is 9.96. The number of hydrogen-bond acceptors (Lipinski definition) is 2. The minimum atomic E-state index is 0.0361. The predicted octanol–water partition coefficient (Wildman–Crippen LogP) is 2.61. The van der Waals surface area contributed by atoms with Crippen LogP contribution in [0.5, 0.6) is 0 Å². The molecule has 0 saturated carbocycles. The molecule has 1 rings (SSSR count). The van der Waals surface area contributed by atoms with Gasteiger partial charge in [0.25, 0.3) is 5.91 Å². The van der Waals surface area contributed by atoms with E-state index in [0.717, 1.165) is 25.2 Å². The number of rotatable bonds is 7. The van der Waals surface area contributed by atoms with Crippen LogP contribution in [0, 0.1) is 0 Å². The Kier molecular flexibility index (Phi) is 5.37. The summed E-state index contributed by atoms with van der Waals surface area (Å²) < 4.78 is 0. The van der Waals surface area contributed by atoms with E-state index in [4.69, 9.17) is 0 Å². The standard InChI is InChI=1S/C12H22N2O/c1-3-5-6-7-9-14-10-12(15)13-11(14)8-4-2/h3-10H2,1-2H3. The van der Waals surface area contributed by atoms with E-state index in [2.05, 4.69) is 23.7 Å². The molecule has 0 spiro atoms. The summed E-state index contributed by atoms with van der Waals surface area (Å²) in [5.74, 6) is 1.05. The first-order valence-electron chi connectivity index (χ1n) is 6.13. The van der Waals surface area contributed by atoms with Crippen molar-refractivity contribution in [3.05, 3.63) is 0 Å². The maximum atomic E-state index is 11.2. The first kappa shape index (κ1) is 12.2. The zero-order chi connectivity index (χ0) is 11.1. The number of amides is 1. The van der Waals surface area contributed by atoms with E-state index >= 15 is 0 Å². The Morgan fingerprint density at radius 2 is 2.00 bits per heavy atom. The summed E-state index contributed by atoms with van der Waals surface area (Å²) in [6.07, 6.45) is 7.01. The highest BCUT2D eigenvalue weighted by Gasteiger charge is 2.21. The van der Waals surface area contributed by atoms with Gasteiger partial charge in [-0.05, 0) is 12.8 Å². The molecule has 0 atom stereocenters. The van der Waals surface area contributed by atoms with Crippen molar-refractivity contribution in [1.82, 2.24) is 4.90 Å². The molecule has 0 saturated heterocycles. The Labute approximate surface area is 92.6 Å². The van der Waals surface area contributed by atoms with Crippen LogP contribution in [0.4, 0.5) is 0 Å². The first-order valence-corrected chi connectivity index (χ1v) is 6.13. The molecule has 0 unspecified atom stereocenters. The molecule has 0 aromatic carbocycles. The van der Waals surface area contributed by atoms with Gasteiger partial charge in [0.1, 0.15) is 12.4 Å². The fourth-order valence-electron chi connectivity index (χ4n) is 1.88. The predicted molar refractivity (Wildman–Crippen MR) is 63.1 cm³/mol. The molecule has 0 aromatic heterocycles. The molecular formula is C12H22N2O. The highest BCUT2D eigenvalue weighted by Crippen LogP contribution is 2.10. The summed E-state index contributed by atoms with van der Waals surface area (Å²) >= 11 is 0. The van der Waals surface area contributed by atoms with Crippen molar-refractivity contribution in [2.75, 3.05) is 13.1 Å². The molecule has 3 heteroatoms. The van der Waals surface area contributed by atoms with Gasteiger partial charge in [-0.1, -0.05) is 33.1 Å². The van der Waals surface area contributed by atoms with Crippen LogP contribution < -0.4 is 0 Å². The summed E-state index contributed by atoms with van der Waals surface area (Å²) in [5, 5.41) is 0. The Morgan fingerprint density at radius 1 is 1.20 bits per heavy atom. The molecule has 0 bridgehead atoms. The van der Waals surface area contributed by atoms with Crippen LogP contribution in [0.15, 0.2) is 4.99 Å². The largest absolute Gasteiger partial charge is 0.351 e. The maximum absolute atomic E-state index is 11.2. The number of hydrogen-bond donors (Lipinski definition) is 0. The van der Waals surface area contributed by atoms with Gasteiger partial charge in [0.05, 0.1) is 0 Å². The average molecular weight is 210 g/mol. The second-order valence-electron chi connectivity index (χ2n) is 4.15. The normalized spacial score (nSPS) is 16.0. The highest BCUT2D eigenvalue weighted by molar-refractivity contribution is 6.01.